The first kappa shape index (κ1) is 15.3. The van der Waals surface area contributed by atoms with Crippen molar-refractivity contribution in [1.82, 2.24) is 5.32 Å². The molecule has 0 aliphatic heterocycles. The summed E-state index contributed by atoms with van der Waals surface area (Å²) in [5.41, 5.74) is 1.33. The number of aryl methyl sites for hydroxylation is 2. The Hall–Kier alpha value is -1.13. The molecule has 0 bridgehead atoms. The van der Waals surface area contributed by atoms with Crippen molar-refractivity contribution in [3.05, 3.63) is 43.8 Å². The molecule has 0 atom stereocenters. The minimum absolute atomic E-state index is 0.0728. The molecule has 0 saturated heterocycles. The molecule has 108 valence electrons. The highest BCUT2D eigenvalue weighted by Crippen LogP contribution is 2.24. The molecule has 1 N–H and O–H groups in total. The molecule has 2 rings (SSSR count). The second-order valence-corrected chi connectivity index (χ2v) is 6.92. The minimum atomic E-state index is 0.0728. The van der Waals surface area contributed by atoms with Gasteiger partial charge in [0.25, 0.3) is 5.91 Å². The van der Waals surface area contributed by atoms with Gasteiger partial charge in [-0.3, -0.25) is 4.79 Å². The summed E-state index contributed by atoms with van der Waals surface area (Å²) in [6.45, 7) is 5.04. The van der Waals surface area contributed by atoms with E-state index in [1.54, 1.807) is 22.7 Å². The Morgan fingerprint density at radius 3 is 2.80 bits per heavy atom. The normalized spacial score (nSPS) is 10.7. The predicted octanol–water partition coefficient (Wildman–Crippen LogP) is 4.30. The molecular formula is C16H21NOS2. The van der Waals surface area contributed by atoms with E-state index in [0.717, 1.165) is 30.6 Å². The number of rotatable bonds is 7. The molecule has 2 aromatic rings. The van der Waals surface area contributed by atoms with Gasteiger partial charge in [0, 0.05) is 16.3 Å². The number of amides is 1. The van der Waals surface area contributed by atoms with Crippen molar-refractivity contribution in [1.29, 1.82) is 0 Å². The maximum absolute atomic E-state index is 12.2. The summed E-state index contributed by atoms with van der Waals surface area (Å²) >= 11 is 3.39. The smallest absolute Gasteiger partial charge is 0.261 e. The first-order valence-corrected chi connectivity index (χ1v) is 8.86. The van der Waals surface area contributed by atoms with Crippen LogP contribution in [0.4, 0.5) is 0 Å². The summed E-state index contributed by atoms with van der Waals surface area (Å²) in [4.78, 5) is 15.7. The zero-order valence-electron chi connectivity index (χ0n) is 12.1. The Kier molecular flexibility index (Phi) is 5.80. The van der Waals surface area contributed by atoms with Gasteiger partial charge in [0.15, 0.2) is 0 Å². The van der Waals surface area contributed by atoms with Crippen molar-refractivity contribution in [2.24, 2.45) is 0 Å². The summed E-state index contributed by atoms with van der Waals surface area (Å²) in [5, 5.41) is 5.09. The van der Waals surface area contributed by atoms with Crippen LogP contribution in [-0.4, -0.2) is 12.5 Å². The third-order valence-corrected chi connectivity index (χ3v) is 5.39. The molecule has 0 fully saturated rings. The lowest BCUT2D eigenvalue weighted by atomic mass is 10.1. The van der Waals surface area contributed by atoms with E-state index in [9.17, 15) is 4.79 Å². The molecule has 0 aliphatic rings. The third kappa shape index (κ3) is 3.93. The van der Waals surface area contributed by atoms with Gasteiger partial charge >= 0.3 is 0 Å². The Bertz CT molecular complexity index is 543. The Morgan fingerprint density at radius 1 is 1.30 bits per heavy atom. The first-order valence-electron chi connectivity index (χ1n) is 7.16. The topological polar surface area (TPSA) is 29.1 Å². The number of thiophene rings is 2. The molecule has 2 aromatic heterocycles. The highest BCUT2D eigenvalue weighted by atomic mass is 32.1. The van der Waals surface area contributed by atoms with Crippen molar-refractivity contribution in [3.63, 3.8) is 0 Å². The predicted molar refractivity (Wildman–Crippen MR) is 88.0 cm³/mol. The molecule has 2 heterocycles. The van der Waals surface area contributed by atoms with Crippen molar-refractivity contribution >= 4 is 28.6 Å². The van der Waals surface area contributed by atoms with Crippen molar-refractivity contribution < 1.29 is 4.79 Å². The molecule has 0 aromatic carbocycles. The molecule has 0 unspecified atom stereocenters. The van der Waals surface area contributed by atoms with Crippen LogP contribution in [0.5, 0.6) is 0 Å². The van der Waals surface area contributed by atoms with Gasteiger partial charge in [0.05, 0.1) is 4.88 Å². The van der Waals surface area contributed by atoms with Gasteiger partial charge in [-0.25, -0.2) is 0 Å². The Morgan fingerprint density at radius 2 is 2.15 bits per heavy atom. The van der Waals surface area contributed by atoms with Gasteiger partial charge < -0.3 is 5.32 Å². The lowest BCUT2D eigenvalue weighted by Gasteiger charge is -2.01. The molecule has 1 amide bonds. The highest BCUT2D eigenvalue weighted by molar-refractivity contribution is 7.14. The highest BCUT2D eigenvalue weighted by Gasteiger charge is 2.12. The van der Waals surface area contributed by atoms with Crippen LogP contribution in [0, 0.1) is 0 Å². The van der Waals surface area contributed by atoms with Crippen LogP contribution in [0.2, 0.25) is 0 Å². The standard InChI is InChI=1S/C16H21NOS2/c1-3-6-14-12(4-2)11-15(20-14)16(18)17-9-8-13-7-5-10-19-13/h5,7,10-11H,3-4,6,8-9H2,1-2H3,(H,17,18). The van der Waals surface area contributed by atoms with E-state index in [0.29, 0.717) is 6.54 Å². The maximum Gasteiger partial charge on any atom is 0.261 e. The molecule has 4 heteroatoms. The quantitative estimate of drug-likeness (QED) is 0.812. The Labute approximate surface area is 128 Å². The van der Waals surface area contributed by atoms with Crippen molar-refractivity contribution in [2.75, 3.05) is 6.54 Å². The van der Waals surface area contributed by atoms with E-state index >= 15 is 0 Å². The van der Waals surface area contributed by atoms with E-state index in [1.807, 2.05) is 6.07 Å². The van der Waals surface area contributed by atoms with Crippen molar-refractivity contribution in [3.8, 4) is 0 Å². The molecule has 2 nitrogen and oxygen atoms in total. The van der Waals surface area contributed by atoms with Crippen LogP contribution in [0.15, 0.2) is 23.6 Å². The van der Waals surface area contributed by atoms with Gasteiger partial charge in [-0.1, -0.05) is 26.3 Å². The van der Waals surface area contributed by atoms with Crippen LogP contribution < -0.4 is 5.32 Å². The second-order valence-electron chi connectivity index (χ2n) is 4.75. The van der Waals surface area contributed by atoms with Gasteiger partial charge in [-0.15, -0.1) is 22.7 Å². The second kappa shape index (κ2) is 7.60. The SMILES string of the molecule is CCCc1sc(C(=O)NCCc2cccs2)cc1CC. The van der Waals surface area contributed by atoms with Crippen LogP contribution in [-0.2, 0) is 19.3 Å². The van der Waals surface area contributed by atoms with Crippen LogP contribution in [0.25, 0.3) is 0 Å². The number of nitrogens with one attached hydrogen (secondary N) is 1. The number of hydrogen-bond acceptors (Lipinski definition) is 3. The third-order valence-electron chi connectivity index (χ3n) is 3.22. The van der Waals surface area contributed by atoms with Crippen LogP contribution in [0.3, 0.4) is 0 Å². The summed E-state index contributed by atoms with van der Waals surface area (Å²) in [6.07, 6.45) is 4.13. The number of hydrogen-bond donors (Lipinski definition) is 1. The molecule has 0 radical (unpaired) electrons. The summed E-state index contributed by atoms with van der Waals surface area (Å²) in [6, 6.07) is 6.22. The first-order chi connectivity index (χ1) is 9.74. The largest absolute Gasteiger partial charge is 0.351 e. The van der Waals surface area contributed by atoms with Gasteiger partial charge in [0.2, 0.25) is 0 Å². The minimum Gasteiger partial charge on any atom is -0.351 e. The molecular weight excluding hydrogens is 286 g/mol. The van der Waals surface area contributed by atoms with E-state index in [-0.39, 0.29) is 5.91 Å². The average Bonchev–Trinajstić information content (AvgIpc) is 3.08. The molecule has 0 aliphatic carbocycles. The Balaban J connectivity index is 1.91. The lowest BCUT2D eigenvalue weighted by molar-refractivity contribution is 0.0958. The summed E-state index contributed by atoms with van der Waals surface area (Å²) in [5.74, 6) is 0.0728. The fourth-order valence-electron chi connectivity index (χ4n) is 2.16. The average molecular weight is 307 g/mol. The molecule has 20 heavy (non-hydrogen) atoms. The van der Waals surface area contributed by atoms with Gasteiger partial charge in [0.1, 0.15) is 0 Å². The molecule has 0 spiro atoms. The van der Waals surface area contributed by atoms with Crippen LogP contribution in [0.1, 0.15) is 45.3 Å². The van der Waals surface area contributed by atoms with E-state index in [4.69, 9.17) is 0 Å². The van der Waals surface area contributed by atoms with E-state index < -0.39 is 0 Å². The molecule has 0 saturated carbocycles. The lowest BCUT2D eigenvalue weighted by Crippen LogP contribution is -2.24. The maximum atomic E-state index is 12.2. The summed E-state index contributed by atoms with van der Waals surface area (Å²) < 4.78 is 0. The number of carbonyl (C=O) groups excluding carboxylic acids is 1. The zero-order chi connectivity index (χ0) is 14.4. The zero-order valence-corrected chi connectivity index (χ0v) is 13.7. The monoisotopic (exact) mass is 307 g/mol. The van der Waals surface area contributed by atoms with Crippen LogP contribution >= 0.6 is 22.7 Å². The van der Waals surface area contributed by atoms with E-state index in [2.05, 4.69) is 36.7 Å². The van der Waals surface area contributed by atoms with Crippen molar-refractivity contribution in [2.45, 2.75) is 39.5 Å². The summed E-state index contributed by atoms with van der Waals surface area (Å²) in [7, 11) is 0. The van der Waals surface area contributed by atoms with Gasteiger partial charge in [-0.05, 0) is 42.3 Å². The fraction of sp³-hybridized carbons (Fsp3) is 0.438. The van der Waals surface area contributed by atoms with Gasteiger partial charge in [-0.2, -0.15) is 0 Å². The number of carbonyl (C=O) groups is 1. The fourth-order valence-corrected chi connectivity index (χ4v) is 4.14. The van der Waals surface area contributed by atoms with E-state index in [1.165, 1.54) is 15.3 Å².